The second-order valence-corrected chi connectivity index (χ2v) is 4.80. The second kappa shape index (κ2) is 6.53. The van der Waals surface area contributed by atoms with Crippen LogP contribution in [0.4, 0.5) is 13.2 Å². The van der Waals surface area contributed by atoms with Crippen LogP contribution in [0.3, 0.4) is 0 Å². The molecule has 8 heteroatoms. The fourth-order valence-corrected chi connectivity index (χ4v) is 2.00. The summed E-state index contributed by atoms with van der Waals surface area (Å²) in [5.41, 5.74) is -0.159. The van der Waals surface area contributed by atoms with E-state index in [0.717, 1.165) is 12.1 Å². The Bertz CT molecular complexity index is 896. The van der Waals surface area contributed by atoms with Gasteiger partial charge >= 0.3 is 0 Å². The van der Waals surface area contributed by atoms with Gasteiger partial charge in [-0.15, -0.1) is 0 Å². The molecule has 1 amide bonds. The molecule has 0 atom stereocenters. The number of hydrogen-bond acceptors (Lipinski definition) is 4. The molecule has 0 aliphatic carbocycles. The number of benzene rings is 2. The van der Waals surface area contributed by atoms with Crippen LogP contribution >= 0.6 is 0 Å². The Balaban J connectivity index is 1.69. The molecule has 0 aliphatic rings. The lowest BCUT2D eigenvalue weighted by Crippen LogP contribution is -2.24. The fourth-order valence-electron chi connectivity index (χ4n) is 2.00. The monoisotopic (exact) mass is 333 g/mol. The van der Waals surface area contributed by atoms with Crippen molar-refractivity contribution in [3.63, 3.8) is 0 Å². The maximum Gasteiger partial charge on any atom is 0.254 e. The number of amides is 1. The van der Waals surface area contributed by atoms with Gasteiger partial charge in [0.15, 0.2) is 0 Å². The number of carbonyl (C=O) groups excluding carboxylic acids is 1. The molecule has 0 saturated heterocycles. The van der Waals surface area contributed by atoms with Gasteiger partial charge in [0.05, 0.1) is 17.7 Å². The summed E-state index contributed by atoms with van der Waals surface area (Å²) in [6.07, 6.45) is 0. The predicted molar refractivity (Wildman–Crippen MR) is 77.2 cm³/mol. The van der Waals surface area contributed by atoms with Crippen LogP contribution in [0, 0.1) is 17.5 Å². The Hall–Kier alpha value is -3.16. The maximum absolute atomic E-state index is 13.6. The first-order valence-electron chi connectivity index (χ1n) is 6.85. The van der Waals surface area contributed by atoms with E-state index in [2.05, 4.69) is 15.5 Å². The quantitative estimate of drug-likeness (QED) is 0.797. The molecular weight excluding hydrogens is 323 g/mol. The highest BCUT2D eigenvalue weighted by Gasteiger charge is 2.15. The molecule has 0 fully saturated rings. The van der Waals surface area contributed by atoms with Gasteiger partial charge in [-0.25, -0.2) is 13.2 Å². The number of halogens is 3. The minimum atomic E-state index is -0.981. The van der Waals surface area contributed by atoms with Crippen molar-refractivity contribution in [1.29, 1.82) is 0 Å². The van der Waals surface area contributed by atoms with Crippen LogP contribution in [0.15, 0.2) is 47.0 Å². The van der Waals surface area contributed by atoms with Crippen LogP contribution in [0.25, 0.3) is 11.4 Å². The van der Waals surface area contributed by atoms with E-state index in [1.54, 1.807) is 6.07 Å². The zero-order valence-electron chi connectivity index (χ0n) is 12.1. The van der Waals surface area contributed by atoms with Crippen LogP contribution in [0.1, 0.15) is 16.2 Å². The van der Waals surface area contributed by atoms with Gasteiger partial charge in [0.2, 0.25) is 11.7 Å². The van der Waals surface area contributed by atoms with Gasteiger partial charge in [-0.3, -0.25) is 4.79 Å². The minimum absolute atomic E-state index is 0.0177. The summed E-state index contributed by atoms with van der Waals surface area (Å²) >= 11 is 0. The van der Waals surface area contributed by atoms with Crippen LogP contribution < -0.4 is 5.32 Å². The first-order valence-corrected chi connectivity index (χ1v) is 6.85. The molecule has 0 bridgehead atoms. The van der Waals surface area contributed by atoms with E-state index in [1.165, 1.54) is 18.2 Å². The predicted octanol–water partition coefficient (Wildman–Crippen LogP) is 3.08. The largest absolute Gasteiger partial charge is 0.343 e. The minimum Gasteiger partial charge on any atom is -0.343 e. The van der Waals surface area contributed by atoms with Crippen LogP contribution in [-0.4, -0.2) is 16.0 Å². The Morgan fingerprint density at radius 1 is 1.08 bits per heavy atom. The third kappa shape index (κ3) is 3.27. The van der Waals surface area contributed by atoms with Gasteiger partial charge in [-0.1, -0.05) is 17.3 Å². The average Bonchev–Trinajstić information content (AvgIpc) is 3.02. The van der Waals surface area contributed by atoms with Crippen LogP contribution in [0.5, 0.6) is 0 Å². The van der Waals surface area contributed by atoms with Gasteiger partial charge in [-0.05, 0) is 24.3 Å². The summed E-state index contributed by atoms with van der Waals surface area (Å²) in [4.78, 5) is 15.8. The lowest BCUT2D eigenvalue weighted by atomic mass is 10.2. The third-order valence-electron chi connectivity index (χ3n) is 3.16. The number of hydrogen-bond donors (Lipinski definition) is 1. The molecule has 1 heterocycles. The molecule has 0 aliphatic heterocycles. The molecule has 2 aromatic carbocycles. The second-order valence-electron chi connectivity index (χ2n) is 4.80. The Kier molecular flexibility index (Phi) is 4.28. The Labute approximate surface area is 134 Å². The highest BCUT2D eigenvalue weighted by atomic mass is 19.1. The summed E-state index contributed by atoms with van der Waals surface area (Å²) in [7, 11) is 0. The molecule has 0 unspecified atom stereocenters. The summed E-state index contributed by atoms with van der Waals surface area (Å²) in [6, 6.07) is 8.49. The zero-order valence-corrected chi connectivity index (χ0v) is 12.1. The fraction of sp³-hybridized carbons (Fsp3) is 0.0625. The molecular formula is C16H10F3N3O2. The van der Waals surface area contributed by atoms with Gasteiger partial charge in [0, 0.05) is 6.07 Å². The first-order chi connectivity index (χ1) is 11.5. The number of nitrogens with one attached hydrogen (secondary N) is 1. The highest BCUT2D eigenvalue weighted by molar-refractivity contribution is 5.94. The van der Waals surface area contributed by atoms with Crippen molar-refractivity contribution in [2.75, 3.05) is 0 Å². The summed E-state index contributed by atoms with van der Waals surface area (Å²) < 4.78 is 44.9. The standard InChI is InChI=1S/C16H10F3N3O2/c17-9-5-6-11(13(19)7-9)16(23)20-8-14-21-15(22-24-14)10-3-1-2-4-12(10)18/h1-7H,8H2,(H,20,23). The van der Waals surface area contributed by atoms with Crippen LogP contribution in [0.2, 0.25) is 0 Å². The molecule has 0 saturated carbocycles. The SMILES string of the molecule is O=C(NCc1nc(-c2ccccc2F)no1)c1ccc(F)cc1F. The molecule has 24 heavy (non-hydrogen) atoms. The molecule has 0 radical (unpaired) electrons. The van der Waals surface area contributed by atoms with E-state index in [-0.39, 0.29) is 29.4 Å². The Morgan fingerprint density at radius 2 is 1.88 bits per heavy atom. The Morgan fingerprint density at radius 3 is 2.62 bits per heavy atom. The van der Waals surface area contributed by atoms with Crippen LogP contribution in [-0.2, 0) is 6.54 Å². The van der Waals surface area contributed by atoms with Crippen molar-refractivity contribution in [3.8, 4) is 11.4 Å². The van der Waals surface area contributed by atoms with Gasteiger partial charge in [0.25, 0.3) is 5.91 Å². The zero-order chi connectivity index (χ0) is 17.1. The smallest absolute Gasteiger partial charge is 0.254 e. The van der Waals surface area contributed by atoms with Gasteiger partial charge < -0.3 is 9.84 Å². The topological polar surface area (TPSA) is 68.0 Å². The van der Waals surface area contributed by atoms with E-state index in [4.69, 9.17) is 4.52 Å². The highest BCUT2D eigenvalue weighted by Crippen LogP contribution is 2.19. The summed E-state index contributed by atoms with van der Waals surface area (Å²) in [5, 5.41) is 5.99. The molecule has 122 valence electrons. The van der Waals surface area contributed by atoms with Gasteiger partial charge in [0.1, 0.15) is 17.5 Å². The van der Waals surface area contributed by atoms with Gasteiger partial charge in [-0.2, -0.15) is 4.98 Å². The molecule has 5 nitrogen and oxygen atoms in total. The van der Waals surface area contributed by atoms with Crippen molar-refractivity contribution in [2.24, 2.45) is 0 Å². The van der Waals surface area contributed by atoms with Crippen molar-refractivity contribution >= 4 is 5.91 Å². The number of carbonyl (C=O) groups is 1. The number of nitrogens with zero attached hydrogens (tertiary/aromatic N) is 2. The lowest BCUT2D eigenvalue weighted by molar-refractivity contribution is 0.0942. The summed E-state index contributed by atoms with van der Waals surface area (Å²) in [6.45, 7) is -0.183. The molecule has 1 N–H and O–H groups in total. The van der Waals surface area contributed by atoms with Crippen molar-refractivity contribution in [1.82, 2.24) is 15.5 Å². The number of rotatable bonds is 4. The molecule has 3 aromatic rings. The van der Waals surface area contributed by atoms with E-state index >= 15 is 0 Å². The first kappa shape index (κ1) is 15.7. The average molecular weight is 333 g/mol. The van der Waals surface area contributed by atoms with E-state index in [9.17, 15) is 18.0 Å². The van der Waals surface area contributed by atoms with E-state index in [0.29, 0.717) is 6.07 Å². The van der Waals surface area contributed by atoms with Crippen molar-refractivity contribution in [2.45, 2.75) is 6.54 Å². The van der Waals surface area contributed by atoms with Crippen molar-refractivity contribution in [3.05, 3.63) is 71.4 Å². The molecule has 1 aromatic heterocycles. The normalized spacial score (nSPS) is 10.6. The van der Waals surface area contributed by atoms with E-state index in [1.807, 2.05) is 0 Å². The molecule has 0 spiro atoms. The maximum atomic E-state index is 13.6. The third-order valence-corrected chi connectivity index (χ3v) is 3.16. The van der Waals surface area contributed by atoms with E-state index < -0.39 is 23.4 Å². The number of aromatic nitrogens is 2. The summed E-state index contributed by atoms with van der Waals surface area (Å²) in [5.74, 6) is -2.99. The van der Waals surface area contributed by atoms with Crippen molar-refractivity contribution < 1.29 is 22.5 Å². The molecule has 3 rings (SSSR count). The lowest BCUT2D eigenvalue weighted by Gasteiger charge is -2.03.